The molecule has 3 heteroatoms. The molecule has 66 valence electrons. The summed E-state index contributed by atoms with van der Waals surface area (Å²) in [6, 6.07) is 8.20. The van der Waals surface area contributed by atoms with E-state index in [2.05, 4.69) is 27.0 Å². The monoisotopic (exact) mass is 236 g/mol. The van der Waals surface area contributed by atoms with Crippen LogP contribution in [0.1, 0.15) is 5.56 Å². The van der Waals surface area contributed by atoms with Gasteiger partial charge in [-0.1, -0.05) is 34.1 Å². The molecule has 0 amide bonds. The summed E-state index contributed by atoms with van der Waals surface area (Å²) in [4.78, 5) is 4.00. The third-order valence-corrected chi connectivity index (χ3v) is 2.64. The first-order valence-corrected chi connectivity index (χ1v) is 4.85. The third-order valence-electron chi connectivity index (χ3n) is 1.87. The van der Waals surface area contributed by atoms with E-state index >= 15 is 0 Å². The van der Waals surface area contributed by atoms with Gasteiger partial charge in [0.1, 0.15) is 0 Å². The second-order valence-corrected chi connectivity index (χ2v) is 3.68. The van der Waals surface area contributed by atoms with Crippen molar-refractivity contribution in [2.75, 3.05) is 0 Å². The second kappa shape index (κ2) is 3.75. The fourth-order valence-electron chi connectivity index (χ4n) is 1.20. The van der Waals surface area contributed by atoms with Crippen LogP contribution in [-0.2, 0) is 6.54 Å². The Balaban J connectivity index is 2.24. The van der Waals surface area contributed by atoms with Gasteiger partial charge >= 0.3 is 0 Å². The molecule has 1 heterocycles. The lowest BCUT2D eigenvalue weighted by molar-refractivity contribution is 0.794. The molecule has 0 N–H and O–H groups in total. The van der Waals surface area contributed by atoms with Crippen molar-refractivity contribution in [3.05, 3.63) is 53.0 Å². The summed E-state index contributed by atoms with van der Waals surface area (Å²) in [6.45, 7) is 0.863. The molecule has 2 aromatic rings. The minimum Gasteiger partial charge on any atom is -0.333 e. The maximum absolute atomic E-state index is 4.00. The number of rotatable bonds is 2. The lowest BCUT2D eigenvalue weighted by atomic mass is 10.2. The second-order valence-electron chi connectivity index (χ2n) is 2.83. The van der Waals surface area contributed by atoms with Gasteiger partial charge in [0.15, 0.2) is 0 Å². The maximum atomic E-state index is 4.00. The highest BCUT2D eigenvalue weighted by molar-refractivity contribution is 9.10. The standard InChI is InChI=1S/C10H9BrN2/c11-10-4-2-1-3-9(10)7-13-6-5-12-8-13/h1-6,8H,7H2. The van der Waals surface area contributed by atoms with Crippen molar-refractivity contribution in [2.45, 2.75) is 6.54 Å². The first kappa shape index (κ1) is 8.51. The summed E-state index contributed by atoms with van der Waals surface area (Å²) < 4.78 is 3.18. The molecular weight excluding hydrogens is 228 g/mol. The van der Waals surface area contributed by atoms with E-state index in [1.807, 2.05) is 35.3 Å². The van der Waals surface area contributed by atoms with Crippen molar-refractivity contribution < 1.29 is 0 Å². The van der Waals surface area contributed by atoms with Crippen molar-refractivity contribution in [1.82, 2.24) is 9.55 Å². The summed E-state index contributed by atoms with van der Waals surface area (Å²) in [5.74, 6) is 0. The summed E-state index contributed by atoms with van der Waals surface area (Å²) >= 11 is 3.51. The summed E-state index contributed by atoms with van der Waals surface area (Å²) in [6.07, 6.45) is 5.57. The van der Waals surface area contributed by atoms with Crippen molar-refractivity contribution in [3.8, 4) is 0 Å². The number of halogens is 1. The minimum atomic E-state index is 0.863. The molecule has 0 aliphatic heterocycles. The zero-order valence-electron chi connectivity index (χ0n) is 7.02. The van der Waals surface area contributed by atoms with Crippen LogP contribution in [0.2, 0.25) is 0 Å². The van der Waals surface area contributed by atoms with Gasteiger partial charge < -0.3 is 4.57 Å². The molecule has 0 aliphatic carbocycles. The Bertz CT molecular complexity index is 382. The normalized spacial score (nSPS) is 10.2. The average molecular weight is 237 g/mol. The fourth-order valence-corrected chi connectivity index (χ4v) is 1.61. The van der Waals surface area contributed by atoms with Crippen LogP contribution >= 0.6 is 15.9 Å². The van der Waals surface area contributed by atoms with E-state index in [0.717, 1.165) is 11.0 Å². The van der Waals surface area contributed by atoms with Crippen molar-refractivity contribution in [1.29, 1.82) is 0 Å². The highest BCUT2D eigenvalue weighted by Gasteiger charge is 1.97. The molecular formula is C10H9BrN2. The van der Waals surface area contributed by atoms with E-state index in [1.165, 1.54) is 5.56 Å². The zero-order chi connectivity index (χ0) is 9.10. The molecule has 1 aromatic heterocycles. The summed E-state index contributed by atoms with van der Waals surface area (Å²) in [7, 11) is 0. The third kappa shape index (κ3) is 1.98. The van der Waals surface area contributed by atoms with E-state index < -0.39 is 0 Å². The van der Waals surface area contributed by atoms with Crippen LogP contribution in [0.4, 0.5) is 0 Å². The van der Waals surface area contributed by atoms with Gasteiger partial charge in [0.2, 0.25) is 0 Å². The van der Waals surface area contributed by atoms with Gasteiger partial charge in [-0.05, 0) is 11.6 Å². The molecule has 0 saturated heterocycles. The smallest absolute Gasteiger partial charge is 0.0949 e. The molecule has 0 spiro atoms. The number of hydrogen-bond acceptors (Lipinski definition) is 1. The van der Waals surface area contributed by atoms with E-state index in [0.29, 0.717) is 0 Å². The molecule has 0 aliphatic rings. The highest BCUT2D eigenvalue weighted by Crippen LogP contribution is 2.16. The van der Waals surface area contributed by atoms with Crippen LogP contribution in [0.3, 0.4) is 0 Å². The summed E-state index contributed by atoms with van der Waals surface area (Å²) in [5.41, 5.74) is 1.26. The van der Waals surface area contributed by atoms with Crippen molar-refractivity contribution in [3.63, 3.8) is 0 Å². The Morgan fingerprint density at radius 1 is 1.31 bits per heavy atom. The average Bonchev–Trinajstić information content (AvgIpc) is 2.61. The predicted molar refractivity (Wildman–Crippen MR) is 55.5 cm³/mol. The van der Waals surface area contributed by atoms with Crippen LogP contribution in [0.25, 0.3) is 0 Å². The number of nitrogens with zero attached hydrogens (tertiary/aromatic N) is 2. The van der Waals surface area contributed by atoms with E-state index in [1.54, 1.807) is 6.20 Å². The largest absolute Gasteiger partial charge is 0.333 e. The topological polar surface area (TPSA) is 17.8 Å². The Kier molecular flexibility index (Phi) is 2.45. The van der Waals surface area contributed by atoms with Crippen LogP contribution < -0.4 is 0 Å². The van der Waals surface area contributed by atoms with Crippen molar-refractivity contribution in [2.24, 2.45) is 0 Å². The quantitative estimate of drug-likeness (QED) is 0.785. The lowest BCUT2D eigenvalue weighted by Crippen LogP contribution is -1.96. The van der Waals surface area contributed by atoms with Gasteiger partial charge in [0.05, 0.1) is 6.33 Å². The molecule has 0 fully saturated rings. The molecule has 2 rings (SSSR count). The Hall–Kier alpha value is -1.09. The van der Waals surface area contributed by atoms with Gasteiger partial charge in [-0.15, -0.1) is 0 Å². The Morgan fingerprint density at radius 3 is 2.85 bits per heavy atom. The van der Waals surface area contributed by atoms with Crippen LogP contribution in [0.5, 0.6) is 0 Å². The molecule has 0 atom stereocenters. The maximum Gasteiger partial charge on any atom is 0.0949 e. The first-order chi connectivity index (χ1) is 6.36. The molecule has 13 heavy (non-hydrogen) atoms. The SMILES string of the molecule is Brc1ccccc1Cn1ccnc1. The number of benzene rings is 1. The molecule has 1 aromatic carbocycles. The van der Waals surface area contributed by atoms with Gasteiger partial charge in [0, 0.05) is 23.4 Å². The molecule has 2 nitrogen and oxygen atoms in total. The number of imidazole rings is 1. The van der Waals surface area contributed by atoms with Gasteiger partial charge in [-0.25, -0.2) is 4.98 Å². The van der Waals surface area contributed by atoms with Crippen molar-refractivity contribution >= 4 is 15.9 Å². The number of hydrogen-bond donors (Lipinski definition) is 0. The predicted octanol–water partition coefficient (Wildman–Crippen LogP) is 2.69. The summed E-state index contributed by atoms with van der Waals surface area (Å²) in [5, 5.41) is 0. The van der Waals surface area contributed by atoms with Crippen LogP contribution in [0, 0.1) is 0 Å². The Labute approximate surface area is 85.4 Å². The number of aromatic nitrogens is 2. The molecule has 0 saturated carbocycles. The molecule has 0 radical (unpaired) electrons. The molecule has 0 unspecified atom stereocenters. The van der Waals surface area contributed by atoms with Gasteiger partial charge in [0.25, 0.3) is 0 Å². The van der Waals surface area contributed by atoms with E-state index in [9.17, 15) is 0 Å². The Morgan fingerprint density at radius 2 is 2.15 bits per heavy atom. The lowest BCUT2D eigenvalue weighted by Gasteiger charge is -2.04. The van der Waals surface area contributed by atoms with Gasteiger partial charge in [-0.3, -0.25) is 0 Å². The van der Waals surface area contributed by atoms with E-state index in [4.69, 9.17) is 0 Å². The first-order valence-electron chi connectivity index (χ1n) is 4.05. The molecule has 0 bridgehead atoms. The zero-order valence-corrected chi connectivity index (χ0v) is 8.61. The van der Waals surface area contributed by atoms with Crippen LogP contribution in [0.15, 0.2) is 47.5 Å². The van der Waals surface area contributed by atoms with Gasteiger partial charge in [-0.2, -0.15) is 0 Å². The highest BCUT2D eigenvalue weighted by atomic mass is 79.9. The van der Waals surface area contributed by atoms with Crippen LogP contribution in [-0.4, -0.2) is 9.55 Å². The minimum absolute atomic E-state index is 0.863. The fraction of sp³-hybridized carbons (Fsp3) is 0.100. The van der Waals surface area contributed by atoms with E-state index in [-0.39, 0.29) is 0 Å².